The van der Waals surface area contributed by atoms with Crippen LogP contribution in [-0.2, 0) is 21.1 Å². The molecule has 1 saturated heterocycles. The number of benzene rings is 1. The first kappa shape index (κ1) is 21.2. The molecule has 2 rings (SSSR count). The molecule has 0 saturated carbocycles. The molecule has 6 nitrogen and oxygen atoms in total. The summed E-state index contributed by atoms with van der Waals surface area (Å²) in [4.78, 5) is 6.69. The standard InChI is InChI=1S/C18H28BrN3O3S/c1-4-20-17(22(2)13-15-5-7-16(19)8-6-15)21-14-18(26(3,23)24)9-11-25-12-10-18/h5-8H,4,9-14H2,1-3H3,(H,20,21). The van der Waals surface area contributed by atoms with Crippen molar-refractivity contribution in [2.45, 2.75) is 31.1 Å². The van der Waals surface area contributed by atoms with Gasteiger partial charge in [0.15, 0.2) is 15.8 Å². The summed E-state index contributed by atoms with van der Waals surface area (Å²) >= 11 is 3.44. The Morgan fingerprint density at radius 3 is 2.46 bits per heavy atom. The third-order valence-corrected chi connectivity index (χ3v) is 7.38. The van der Waals surface area contributed by atoms with Gasteiger partial charge in [0.1, 0.15) is 0 Å². The first-order chi connectivity index (χ1) is 12.3. The van der Waals surface area contributed by atoms with Gasteiger partial charge in [-0.05, 0) is 37.5 Å². The molecule has 0 aromatic heterocycles. The van der Waals surface area contributed by atoms with Crippen molar-refractivity contribution >= 4 is 31.7 Å². The molecule has 0 bridgehead atoms. The largest absolute Gasteiger partial charge is 0.381 e. The Bertz CT molecular complexity index is 714. The Morgan fingerprint density at radius 1 is 1.31 bits per heavy atom. The zero-order chi connectivity index (χ0) is 19.2. The van der Waals surface area contributed by atoms with Gasteiger partial charge in [-0.15, -0.1) is 0 Å². The van der Waals surface area contributed by atoms with Crippen LogP contribution in [0.5, 0.6) is 0 Å². The first-order valence-corrected chi connectivity index (χ1v) is 11.5. The van der Waals surface area contributed by atoms with Crippen molar-refractivity contribution in [3.05, 3.63) is 34.3 Å². The summed E-state index contributed by atoms with van der Waals surface area (Å²) < 4.78 is 30.4. The van der Waals surface area contributed by atoms with Gasteiger partial charge in [-0.3, -0.25) is 4.99 Å². The number of sulfone groups is 1. The van der Waals surface area contributed by atoms with Gasteiger partial charge in [-0.1, -0.05) is 28.1 Å². The Hall–Kier alpha value is -1.12. The number of ether oxygens (including phenoxy) is 1. The third-order valence-electron chi connectivity index (χ3n) is 4.74. The zero-order valence-corrected chi connectivity index (χ0v) is 18.1. The highest BCUT2D eigenvalue weighted by atomic mass is 79.9. The molecular formula is C18H28BrN3O3S. The minimum atomic E-state index is -3.23. The van der Waals surface area contributed by atoms with Crippen LogP contribution in [-0.4, -0.2) is 63.6 Å². The molecule has 0 radical (unpaired) electrons. The van der Waals surface area contributed by atoms with Crippen LogP contribution >= 0.6 is 15.9 Å². The number of nitrogens with one attached hydrogen (secondary N) is 1. The molecule has 1 aromatic rings. The number of guanidine groups is 1. The summed E-state index contributed by atoms with van der Waals surface area (Å²) in [7, 11) is -1.27. The van der Waals surface area contributed by atoms with Gasteiger partial charge in [0.25, 0.3) is 0 Å². The molecule has 146 valence electrons. The van der Waals surface area contributed by atoms with Crippen LogP contribution < -0.4 is 5.32 Å². The van der Waals surface area contributed by atoms with E-state index in [1.54, 1.807) is 0 Å². The molecule has 0 atom stereocenters. The number of nitrogens with zero attached hydrogens (tertiary/aromatic N) is 2. The number of halogens is 1. The summed E-state index contributed by atoms with van der Waals surface area (Å²) in [6.07, 6.45) is 2.29. The second-order valence-corrected chi connectivity index (χ2v) is 10.0. The monoisotopic (exact) mass is 445 g/mol. The Balaban J connectivity index is 2.17. The first-order valence-electron chi connectivity index (χ1n) is 8.79. The second kappa shape index (κ2) is 9.19. The topological polar surface area (TPSA) is 71.0 Å². The van der Waals surface area contributed by atoms with Crippen LogP contribution in [0.25, 0.3) is 0 Å². The van der Waals surface area contributed by atoms with Gasteiger partial charge in [-0.2, -0.15) is 0 Å². The van der Waals surface area contributed by atoms with Gasteiger partial charge in [-0.25, -0.2) is 8.42 Å². The highest BCUT2D eigenvalue weighted by molar-refractivity contribution is 9.10. The molecule has 8 heteroatoms. The number of hydrogen-bond donors (Lipinski definition) is 1. The number of rotatable bonds is 6. The predicted molar refractivity (Wildman–Crippen MR) is 109 cm³/mol. The van der Waals surface area contributed by atoms with Gasteiger partial charge >= 0.3 is 0 Å². The van der Waals surface area contributed by atoms with E-state index in [4.69, 9.17) is 4.74 Å². The molecule has 0 aliphatic carbocycles. The SMILES string of the molecule is CCNC(=NCC1(S(C)(=O)=O)CCOCC1)N(C)Cc1ccc(Br)cc1. The van der Waals surface area contributed by atoms with Crippen LogP contribution in [0.1, 0.15) is 25.3 Å². The summed E-state index contributed by atoms with van der Waals surface area (Å²) in [5, 5.41) is 3.26. The van der Waals surface area contributed by atoms with Crippen LogP contribution in [0.4, 0.5) is 0 Å². The van der Waals surface area contributed by atoms with Crippen molar-refractivity contribution < 1.29 is 13.2 Å². The lowest BCUT2D eigenvalue weighted by Gasteiger charge is -2.34. The highest BCUT2D eigenvalue weighted by Gasteiger charge is 2.42. The van der Waals surface area contributed by atoms with E-state index in [-0.39, 0.29) is 6.54 Å². The molecular weight excluding hydrogens is 418 g/mol. The Morgan fingerprint density at radius 2 is 1.92 bits per heavy atom. The summed E-state index contributed by atoms with van der Waals surface area (Å²) in [6.45, 7) is 4.60. The van der Waals surface area contributed by atoms with E-state index in [9.17, 15) is 8.42 Å². The van der Waals surface area contributed by atoms with Crippen molar-refractivity contribution in [2.75, 3.05) is 39.6 Å². The Labute approximate surface area is 165 Å². The maximum absolute atomic E-state index is 12.4. The molecule has 1 aromatic carbocycles. The van der Waals surface area contributed by atoms with Crippen LogP contribution in [0.15, 0.2) is 33.7 Å². The van der Waals surface area contributed by atoms with E-state index >= 15 is 0 Å². The predicted octanol–water partition coefficient (Wildman–Crippen LogP) is 2.44. The molecule has 1 aliphatic heterocycles. The quantitative estimate of drug-likeness (QED) is 0.537. The van der Waals surface area contributed by atoms with E-state index in [0.717, 1.165) is 16.6 Å². The molecule has 0 spiro atoms. The summed E-state index contributed by atoms with van der Waals surface area (Å²) in [5.74, 6) is 0.713. The van der Waals surface area contributed by atoms with Crippen molar-refractivity contribution in [3.8, 4) is 0 Å². The van der Waals surface area contributed by atoms with Crippen LogP contribution in [0.2, 0.25) is 0 Å². The normalized spacial score (nSPS) is 17.8. The highest BCUT2D eigenvalue weighted by Crippen LogP contribution is 2.29. The molecule has 0 unspecified atom stereocenters. The summed E-state index contributed by atoms with van der Waals surface area (Å²) in [5.41, 5.74) is 1.16. The molecule has 1 N–H and O–H groups in total. The molecule has 1 heterocycles. The average molecular weight is 446 g/mol. The smallest absolute Gasteiger partial charge is 0.194 e. The van der Waals surface area contributed by atoms with Crippen LogP contribution in [0, 0.1) is 0 Å². The fourth-order valence-corrected chi connectivity index (χ4v) is 4.49. The van der Waals surface area contributed by atoms with Crippen molar-refractivity contribution in [2.24, 2.45) is 4.99 Å². The van der Waals surface area contributed by atoms with Gasteiger partial charge < -0.3 is 15.0 Å². The minimum Gasteiger partial charge on any atom is -0.381 e. The fourth-order valence-electron chi connectivity index (χ4n) is 3.02. The van der Waals surface area contributed by atoms with Gasteiger partial charge in [0.05, 0.1) is 11.3 Å². The van der Waals surface area contributed by atoms with E-state index in [0.29, 0.717) is 38.6 Å². The lowest BCUT2D eigenvalue weighted by Crippen LogP contribution is -2.47. The van der Waals surface area contributed by atoms with E-state index < -0.39 is 14.6 Å². The molecule has 1 aliphatic rings. The maximum Gasteiger partial charge on any atom is 0.194 e. The molecule has 0 amide bonds. The van der Waals surface area contributed by atoms with Gasteiger partial charge in [0, 0.05) is 44.1 Å². The lowest BCUT2D eigenvalue weighted by molar-refractivity contribution is 0.0767. The molecule has 1 fully saturated rings. The number of hydrogen-bond acceptors (Lipinski definition) is 4. The van der Waals surface area contributed by atoms with E-state index in [1.165, 1.54) is 6.26 Å². The van der Waals surface area contributed by atoms with E-state index in [1.807, 2.05) is 31.0 Å². The number of aliphatic imine (C=N–C) groups is 1. The fraction of sp³-hybridized carbons (Fsp3) is 0.611. The zero-order valence-electron chi connectivity index (χ0n) is 15.7. The maximum atomic E-state index is 12.4. The second-order valence-electron chi connectivity index (χ2n) is 6.72. The van der Waals surface area contributed by atoms with Crippen molar-refractivity contribution in [3.63, 3.8) is 0 Å². The van der Waals surface area contributed by atoms with Gasteiger partial charge in [0.2, 0.25) is 0 Å². The summed E-state index contributed by atoms with van der Waals surface area (Å²) in [6, 6.07) is 8.13. The molecule has 26 heavy (non-hydrogen) atoms. The van der Waals surface area contributed by atoms with Crippen molar-refractivity contribution in [1.82, 2.24) is 10.2 Å². The third kappa shape index (κ3) is 5.44. The van der Waals surface area contributed by atoms with E-state index in [2.05, 4.69) is 38.4 Å². The van der Waals surface area contributed by atoms with Crippen LogP contribution in [0.3, 0.4) is 0 Å². The Kier molecular flexibility index (Phi) is 7.49. The van der Waals surface area contributed by atoms with Crippen molar-refractivity contribution in [1.29, 1.82) is 0 Å². The minimum absolute atomic E-state index is 0.252. The average Bonchev–Trinajstić information content (AvgIpc) is 2.60. The lowest BCUT2D eigenvalue weighted by atomic mass is 9.99.